The number of rotatable bonds is 3. The predicted molar refractivity (Wildman–Crippen MR) is 57.0 cm³/mol. The lowest BCUT2D eigenvalue weighted by atomic mass is 9.97. The highest BCUT2D eigenvalue weighted by molar-refractivity contribution is 4.96. The van der Waals surface area contributed by atoms with E-state index in [1.807, 2.05) is 6.92 Å². The van der Waals surface area contributed by atoms with Crippen molar-refractivity contribution in [2.45, 2.75) is 63.3 Å². The van der Waals surface area contributed by atoms with E-state index in [-0.39, 0.29) is 6.10 Å². The monoisotopic (exact) mass is 198 g/mol. The molecule has 0 amide bonds. The average molecular weight is 198 g/mol. The molecule has 0 spiro atoms. The fraction of sp³-hybridized carbons (Fsp3) is 1.00. The van der Waals surface area contributed by atoms with E-state index in [2.05, 4.69) is 4.90 Å². The number of aliphatic hydroxyl groups excluding tert-OH is 1. The molecule has 2 bridgehead atoms. The van der Waals surface area contributed by atoms with Gasteiger partial charge < -0.3 is 10.8 Å². The summed E-state index contributed by atoms with van der Waals surface area (Å²) in [5, 5.41) is 9.67. The van der Waals surface area contributed by atoms with Crippen molar-refractivity contribution in [3.05, 3.63) is 0 Å². The lowest BCUT2D eigenvalue weighted by molar-refractivity contribution is 0.0553. The third kappa shape index (κ3) is 1.95. The normalized spacial score (nSPS) is 40.1. The summed E-state index contributed by atoms with van der Waals surface area (Å²) in [5.74, 6) is 0. The molecule has 82 valence electrons. The van der Waals surface area contributed by atoms with Crippen molar-refractivity contribution in [1.29, 1.82) is 0 Å². The Morgan fingerprint density at radius 3 is 2.43 bits per heavy atom. The van der Waals surface area contributed by atoms with E-state index in [0.717, 1.165) is 25.8 Å². The summed E-state index contributed by atoms with van der Waals surface area (Å²) in [6.45, 7) is 2.90. The highest BCUT2D eigenvalue weighted by Gasteiger charge is 2.39. The molecule has 2 rings (SSSR count). The summed E-state index contributed by atoms with van der Waals surface area (Å²) in [4.78, 5) is 2.50. The van der Waals surface area contributed by atoms with Crippen molar-refractivity contribution in [1.82, 2.24) is 4.90 Å². The van der Waals surface area contributed by atoms with Gasteiger partial charge in [0.15, 0.2) is 0 Å². The summed E-state index contributed by atoms with van der Waals surface area (Å²) in [5.41, 5.74) is 5.99. The fourth-order valence-corrected chi connectivity index (χ4v) is 2.99. The van der Waals surface area contributed by atoms with Crippen LogP contribution in [0, 0.1) is 0 Å². The van der Waals surface area contributed by atoms with Gasteiger partial charge in [0.25, 0.3) is 0 Å². The van der Waals surface area contributed by atoms with Crippen LogP contribution in [-0.4, -0.2) is 40.8 Å². The van der Waals surface area contributed by atoms with Gasteiger partial charge in [0.05, 0.1) is 6.10 Å². The van der Waals surface area contributed by atoms with Crippen molar-refractivity contribution in [3.63, 3.8) is 0 Å². The van der Waals surface area contributed by atoms with Crippen LogP contribution in [0.25, 0.3) is 0 Å². The Hall–Kier alpha value is -0.120. The fourth-order valence-electron chi connectivity index (χ4n) is 2.99. The van der Waals surface area contributed by atoms with E-state index in [0.29, 0.717) is 18.1 Å². The van der Waals surface area contributed by atoms with E-state index >= 15 is 0 Å². The number of aliphatic hydroxyl groups is 1. The van der Waals surface area contributed by atoms with Crippen LogP contribution in [0.15, 0.2) is 0 Å². The topological polar surface area (TPSA) is 49.5 Å². The quantitative estimate of drug-likeness (QED) is 0.702. The van der Waals surface area contributed by atoms with Crippen molar-refractivity contribution in [2.24, 2.45) is 5.73 Å². The van der Waals surface area contributed by atoms with Gasteiger partial charge in [-0.2, -0.15) is 0 Å². The molecular weight excluding hydrogens is 176 g/mol. The first kappa shape index (κ1) is 10.4. The van der Waals surface area contributed by atoms with Gasteiger partial charge in [-0.15, -0.1) is 0 Å². The molecule has 0 aromatic rings. The zero-order chi connectivity index (χ0) is 10.1. The van der Waals surface area contributed by atoms with Gasteiger partial charge in [0.1, 0.15) is 0 Å². The van der Waals surface area contributed by atoms with Crippen LogP contribution in [0.1, 0.15) is 39.0 Å². The Morgan fingerprint density at radius 1 is 1.36 bits per heavy atom. The highest BCUT2D eigenvalue weighted by atomic mass is 16.3. The Balaban J connectivity index is 1.94. The van der Waals surface area contributed by atoms with Crippen molar-refractivity contribution < 1.29 is 5.11 Å². The lowest BCUT2D eigenvalue weighted by Crippen LogP contribution is -2.49. The number of hydrogen-bond donors (Lipinski definition) is 2. The standard InChI is InChI=1S/C11H22N2O/c1-2-11(14)7-13-9-3-4-10(13)6-8(12)5-9/h8-11,14H,2-7,12H2,1H3/t8?,9?,10?,11-/m0/s1. The molecule has 2 aliphatic heterocycles. The molecule has 0 aromatic carbocycles. The van der Waals surface area contributed by atoms with Gasteiger partial charge in [-0.25, -0.2) is 0 Å². The smallest absolute Gasteiger partial charge is 0.0664 e. The minimum absolute atomic E-state index is 0.146. The largest absolute Gasteiger partial charge is 0.392 e. The maximum atomic E-state index is 9.67. The Labute approximate surface area is 86.3 Å². The molecular formula is C11H22N2O. The van der Waals surface area contributed by atoms with Crippen LogP contribution in [0.5, 0.6) is 0 Å². The van der Waals surface area contributed by atoms with E-state index in [1.165, 1.54) is 12.8 Å². The molecule has 2 heterocycles. The van der Waals surface area contributed by atoms with Crippen LogP contribution in [-0.2, 0) is 0 Å². The molecule has 3 heteroatoms. The Kier molecular flexibility index (Phi) is 3.10. The summed E-state index contributed by atoms with van der Waals surface area (Å²) in [6, 6.07) is 1.72. The maximum absolute atomic E-state index is 9.67. The van der Waals surface area contributed by atoms with Gasteiger partial charge >= 0.3 is 0 Å². The molecule has 2 aliphatic rings. The van der Waals surface area contributed by atoms with E-state index in [9.17, 15) is 5.11 Å². The second-order valence-corrected chi connectivity index (χ2v) is 4.88. The second kappa shape index (κ2) is 4.17. The van der Waals surface area contributed by atoms with Gasteiger partial charge in [0, 0.05) is 24.7 Å². The lowest BCUT2D eigenvalue weighted by Gasteiger charge is -2.38. The van der Waals surface area contributed by atoms with E-state index < -0.39 is 0 Å². The van der Waals surface area contributed by atoms with Gasteiger partial charge in [-0.1, -0.05) is 6.92 Å². The third-order valence-corrected chi connectivity index (χ3v) is 3.81. The number of fused-ring (bicyclic) bond motifs is 2. The Morgan fingerprint density at radius 2 is 1.93 bits per heavy atom. The zero-order valence-corrected chi connectivity index (χ0v) is 9.02. The van der Waals surface area contributed by atoms with Gasteiger partial charge in [-0.05, 0) is 32.1 Å². The SMILES string of the molecule is CC[C@H](O)CN1C2CCC1CC(N)C2. The molecule has 0 aliphatic carbocycles. The first-order valence-corrected chi connectivity index (χ1v) is 5.90. The van der Waals surface area contributed by atoms with Gasteiger partial charge in [0.2, 0.25) is 0 Å². The molecule has 0 radical (unpaired) electrons. The average Bonchev–Trinajstić information content (AvgIpc) is 2.41. The molecule has 14 heavy (non-hydrogen) atoms. The second-order valence-electron chi connectivity index (χ2n) is 4.88. The first-order chi connectivity index (χ1) is 6.70. The number of nitrogens with zero attached hydrogens (tertiary/aromatic N) is 1. The van der Waals surface area contributed by atoms with Crippen LogP contribution in [0.4, 0.5) is 0 Å². The summed E-state index contributed by atoms with van der Waals surface area (Å²) in [6.07, 6.45) is 5.55. The van der Waals surface area contributed by atoms with Crippen LogP contribution >= 0.6 is 0 Å². The van der Waals surface area contributed by atoms with E-state index in [1.54, 1.807) is 0 Å². The molecule has 2 unspecified atom stereocenters. The summed E-state index contributed by atoms with van der Waals surface area (Å²) in [7, 11) is 0. The summed E-state index contributed by atoms with van der Waals surface area (Å²) >= 11 is 0. The van der Waals surface area contributed by atoms with E-state index in [4.69, 9.17) is 5.73 Å². The zero-order valence-electron chi connectivity index (χ0n) is 9.02. The number of nitrogens with two attached hydrogens (primary N) is 1. The van der Waals surface area contributed by atoms with Crippen LogP contribution < -0.4 is 5.73 Å². The van der Waals surface area contributed by atoms with Gasteiger partial charge in [-0.3, -0.25) is 4.90 Å². The van der Waals surface area contributed by atoms with Crippen molar-refractivity contribution >= 4 is 0 Å². The number of hydrogen-bond acceptors (Lipinski definition) is 3. The van der Waals surface area contributed by atoms with Crippen molar-refractivity contribution in [3.8, 4) is 0 Å². The number of piperidine rings is 1. The third-order valence-electron chi connectivity index (χ3n) is 3.81. The van der Waals surface area contributed by atoms with Crippen LogP contribution in [0.3, 0.4) is 0 Å². The Bertz CT molecular complexity index is 184. The minimum Gasteiger partial charge on any atom is -0.392 e. The summed E-state index contributed by atoms with van der Waals surface area (Å²) < 4.78 is 0. The molecule has 3 N–H and O–H groups in total. The molecule has 2 saturated heterocycles. The molecule has 3 atom stereocenters. The molecule has 0 saturated carbocycles. The maximum Gasteiger partial charge on any atom is 0.0664 e. The van der Waals surface area contributed by atoms with Crippen LogP contribution in [0.2, 0.25) is 0 Å². The molecule has 0 aromatic heterocycles. The molecule has 3 nitrogen and oxygen atoms in total. The van der Waals surface area contributed by atoms with Crippen molar-refractivity contribution in [2.75, 3.05) is 6.54 Å². The first-order valence-electron chi connectivity index (χ1n) is 5.90. The minimum atomic E-state index is -0.146. The predicted octanol–water partition coefficient (Wildman–Crippen LogP) is 0.711. The highest BCUT2D eigenvalue weighted by Crippen LogP contribution is 2.35. The molecule has 2 fully saturated rings.